The summed E-state index contributed by atoms with van der Waals surface area (Å²) in [6.45, 7) is 3.22. The second kappa shape index (κ2) is 12.4. The van der Waals surface area contributed by atoms with Crippen molar-refractivity contribution in [3.05, 3.63) is 35.9 Å². The molecule has 0 bridgehead atoms. The molecule has 2 aliphatic rings. The highest BCUT2D eigenvalue weighted by atomic mass is 16.5. The van der Waals surface area contributed by atoms with Gasteiger partial charge in [0.15, 0.2) is 0 Å². The minimum Gasteiger partial charge on any atom is -0.492 e. The number of fused-ring (bicyclic) bond motifs is 1. The normalized spacial score (nSPS) is 23.3. The topological polar surface area (TPSA) is 109 Å². The molecule has 0 radical (unpaired) electrons. The van der Waals surface area contributed by atoms with E-state index in [1.165, 1.54) is 0 Å². The summed E-state index contributed by atoms with van der Waals surface area (Å²) in [6.07, 6.45) is 9.20. The second-order valence-electron chi connectivity index (χ2n) is 8.70. The fourth-order valence-electron chi connectivity index (χ4n) is 4.34. The van der Waals surface area contributed by atoms with Crippen LogP contribution in [-0.4, -0.2) is 55.5 Å². The van der Waals surface area contributed by atoms with E-state index in [1.807, 2.05) is 36.4 Å². The molecule has 8 heteroatoms. The third-order valence-corrected chi connectivity index (χ3v) is 6.21. The lowest BCUT2D eigenvalue weighted by Gasteiger charge is -2.31. The zero-order valence-electron chi connectivity index (χ0n) is 19.5. The van der Waals surface area contributed by atoms with E-state index in [2.05, 4.69) is 28.2 Å². The van der Waals surface area contributed by atoms with Gasteiger partial charge in [0.05, 0.1) is 12.6 Å². The van der Waals surface area contributed by atoms with E-state index in [9.17, 15) is 14.4 Å². The summed E-state index contributed by atoms with van der Waals surface area (Å²) >= 11 is 0. The standard InChI is InChI=1S/C25H36N4O4/c1-2-3-11-20-23(31)29-25(13-6-7-14-25)24(32)28-18-22(30)27-15-8-10-19-9-4-5-12-21(19)33-17-16-26-20/h4-5,8-10,12,20,26H,2-3,6-7,11,13-18H2,1H3,(H,27,30)(H,28,32)(H,29,31)/b10-8+. The summed E-state index contributed by atoms with van der Waals surface area (Å²) in [6, 6.07) is 7.27. The summed E-state index contributed by atoms with van der Waals surface area (Å²) in [5, 5.41) is 11.9. The number of carbonyl (C=O) groups excluding carboxylic acids is 3. The largest absolute Gasteiger partial charge is 0.492 e. The number of hydrogen-bond acceptors (Lipinski definition) is 5. The molecule has 1 fully saturated rings. The zero-order valence-corrected chi connectivity index (χ0v) is 19.5. The maximum atomic E-state index is 13.2. The van der Waals surface area contributed by atoms with E-state index in [0.717, 1.165) is 37.0 Å². The van der Waals surface area contributed by atoms with Gasteiger partial charge in [-0.2, -0.15) is 0 Å². The van der Waals surface area contributed by atoms with Crippen molar-refractivity contribution >= 4 is 23.8 Å². The fraction of sp³-hybridized carbons (Fsp3) is 0.560. The van der Waals surface area contributed by atoms with Gasteiger partial charge in [-0.15, -0.1) is 0 Å². The molecule has 180 valence electrons. The van der Waals surface area contributed by atoms with Crippen molar-refractivity contribution in [1.29, 1.82) is 0 Å². The summed E-state index contributed by atoms with van der Waals surface area (Å²) in [4.78, 5) is 38.4. The summed E-state index contributed by atoms with van der Waals surface area (Å²) in [5.41, 5.74) is -0.0470. The molecule has 3 amide bonds. The second-order valence-corrected chi connectivity index (χ2v) is 8.70. The van der Waals surface area contributed by atoms with Crippen LogP contribution in [0.2, 0.25) is 0 Å². The van der Waals surface area contributed by atoms with Gasteiger partial charge in [-0.3, -0.25) is 14.4 Å². The minimum atomic E-state index is -0.954. The Bertz CT molecular complexity index is 849. The Morgan fingerprint density at radius 1 is 1.09 bits per heavy atom. The van der Waals surface area contributed by atoms with Gasteiger partial charge in [0.2, 0.25) is 17.7 Å². The molecule has 1 aliphatic carbocycles. The van der Waals surface area contributed by atoms with Crippen molar-refractivity contribution in [3.63, 3.8) is 0 Å². The van der Waals surface area contributed by atoms with Gasteiger partial charge >= 0.3 is 0 Å². The van der Waals surface area contributed by atoms with Crippen molar-refractivity contribution in [3.8, 4) is 5.75 Å². The Balaban J connectivity index is 1.77. The summed E-state index contributed by atoms with van der Waals surface area (Å²) in [5.74, 6) is 0.0106. The lowest BCUT2D eigenvalue weighted by molar-refractivity contribution is -0.135. The SMILES string of the molecule is CCCCC1NCCOc2ccccc2/C=C/CNC(=O)CNC(=O)C2(CCCC2)NC1=O. The third-order valence-electron chi connectivity index (χ3n) is 6.21. The molecule has 0 saturated heterocycles. The Morgan fingerprint density at radius 2 is 1.88 bits per heavy atom. The van der Waals surface area contributed by atoms with Gasteiger partial charge in [0.1, 0.15) is 17.9 Å². The monoisotopic (exact) mass is 456 g/mol. The molecule has 1 spiro atoms. The van der Waals surface area contributed by atoms with Crippen LogP contribution in [0.15, 0.2) is 30.3 Å². The van der Waals surface area contributed by atoms with Gasteiger partial charge in [0, 0.05) is 18.7 Å². The molecule has 1 aromatic carbocycles. The van der Waals surface area contributed by atoms with Gasteiger partial charge in [-0.1, -0.05) is 63.0 Å². The van der Waals surface area contributed by atoms with Crippen LogP contribution in [0.1, 0.15) is 57.4 Å². The number of nitrogens with one attached hydrogen (secondary N) is 4. The Kier molecular flexibility index (Phi) is 9.30. The first-order valence-corrected chi connectivity index (χ1v) is 12.0. The van der Waals surface area contributed by atoms with Gasteiger partial charge in [-0.25, -0.2) is 0 Å². The number of carbonyl (C=O) groups is 3. The van der Waals surface area contributed by atoms with Crippen LogP contribution >= 0.6 is 0 Å². The first kappa shape index (κ1) is 24.8. The van der Waals surface area contributed by atoms with Crippen molar-refractivity contribution < 1.29 is 19.1 Å². The maximum Gasteiger partial charge on any atom is 0.246 e. The molecule has 33 heavy (non-hydrogen) atoms. The lowest BCUT2D eigenvalue weighted by Crippen LogP contribution is -2.61. The Morgan fingerprint density at radius 3 is 2.67 bits per heavy atom. The Labute approximate surface area is 195 Å². The van der Waals surface area contributed by atoms with E-state index in [4.69, 9.17) is 4.74 Å². The van der Waals surface area contributed by atoms with Crippen molar-refractivity contribution in [2.75, 3.05) is 26.2 Å². The molecule has 1 atom stereocenters. The molecule has 1 aliphatic heterocycles. The molecule has 1 heterocycles. The first-order chi connectivity index (χ1) is 16.0. The predicted molar refractivity (Wildman–Crippen MR) is 128 cm³/mol. The number of hydrogen-bond donors (Lipinski definition) is 4. The van der Waals surface area contributed by atoms with Gasteiger partial charge < -0.3 is 26.0 Å². The number of unbranched alkanes of at least 4 members (excludes halogenated alkanes) is 1. The lowest BCUT2D eigenvalue weighted by atomic mass is 9.95. The first-order valence-electron chi connectivity index (χ1n) is 12.0. The number of rotatable bonds is 3. The molecule has 1 aromatic rings. The number of para-hydroxylation sites is 1. The molecule has 4 N–H and O–H groups in total. The van der Waals surface area contributed by atoms with E-state index in [1.54, 1.807) is 0 Å². The molecule has 0 aromatic heterocycles. The van der Waals surface area contributed by atoms with E-state index >= 15 is 0 Å². The van der Waals surface area contributed by atoms with Crippen molar-refractivity contribution in [1.82, 2.24) is 21.3 Å². The highest BCUT2D eigenvalue weighted by molar-refractivity contribution is 5.95. The maximum absolute atomic E-state index is 13.2. The van der Waals surface area contributed by atoms with Gasteiger partial charge in [0.25, 0.3) is 0 Å². The van der Waals surface area contributed by atoms with Crippen LogP contribution in [0.25, 0.3) is 6.08 Å². The molecule has 1 saturated carbocycles. The average molecular weight is 457 g/mol. The summed E-state index contributed by atoms with van der Waals surface area (Å²) < 4.78 is 5.96. The third kappa shape index (κ3) is 7.05. The van der Waals surface area contributed by atoms with Crippen molar-refractivity contribution in [2.45, 2.75) is 63.5 Å². The van der Waals surface area contributed by atoms with Crippen LogP contribution in [0.3, 0.4) is 0 Å². The molecule has 3 rings (SSSR count). The molecule has 1 unspecified atom stereocenters. The van der Waals surface area contributed by atoms with Gasteiger partial charge in [-0.05, 0) is 25.3 Å². The highest BCUT2D eigenvalue weighted by Gasteiger charge is 2.43. The van der Waals surface area contributed by atoms with Crippen LogP contribution in [-0.2, 0) is 14.4 Å². The molecular formula is C25H36N4O4. The van der Waals surface area contributed by atoms with Crippen LogP contribution in [0.4, 0.5) is 0 Å². The molecular weight excluding hydrogens is 420 g/mol. The van der Waals surface area contributed by atoms with E-state index < -0.39 is 11.6 Å². The zero-order chi connectivity index (χ0) is 23.5. The smallest absolute Gasteiger partial charge is 0.246 e. The minimum absolute atomic E-state index is 0.124. The number of ether oxygens (including phenoxy) is 1. The van der Waals surface area contributed by atoms with Crippen LogP contribution in [0.5, 0.6) is 5.75 Å². The average Bonchev–Trinajstić information content (AvgIpc) is 3.29. The van der Waals surface area contributed by atoms with Crippen LogP contribution in [0, 0.1) is 0 Å². The quantitative estimate of drug-likeness (QED) is 0.556. The fourth-order valence-corrected chi connectivity index (χ4v) is 4.34. The van der Waals surface area contributed by atoms with Crippen LogP contribution < -0.4 is 26.0 Å². The van der Waals surface area contributed by atoms with Crippen molar-refractivity contribution in [2.24, 2.45) is 0 Å². The Hall–Kier alpha value is -2.87. The number of amides is 3. The van der Waals surface area contributed by atoms with E-state index in [-0.39, 0.29) is 24.3 Å². The summed E-state index contributed by atoms with van der Waals surface area (Å²) in [7, 11) is 0. The highest BCUT2D eigenvalue weighted by Crippen LogP contribution is 2.30. The predicted octanol–water partition coefficient (Wildman–Crippen LogP) is 1.90. The number of benzene rings is 1. The van der Waals surface area contributed by atoms with E-state index in [0.29, 0.717) is 39.0 Å². The molecule has 8 nitrogen and oxygen atoms in total.